The molecule has 9 heteroatoms. The summed E-state index contributed by atoms with van der Waals surface area (Å²) in [5, 5.41) is 62.5. The molecule has 5 rings (SSSR count). The molecule has 0 aromatic rings. The standard InChI is InChI=1S/C36H60O9/c1-19(9-14-27(33(4,5)43)45-31-30(42)29(41)28(40)23(18-37)44-31)20-15-16-34(6)24-12-10-21-22(11-13-25(38)32(21,2)3)36(24,8)26(39)17-35(20,34)7/h10,19-20,22-25,27-31,37-38,40-43H,9,11-18H2,1-8H3/t19-,20?,22?,23-,24?,25+,27-,28-,29+,30-,31+,34+,35-,36+/m1/s1. The molecule has 0 bridgehead atoms. The molecule has 45 heavy (non-hydrogen) atoms. The molecule has 258 valence electrons. The molecule has 0 amide bonds. The van der Waals surface area contributed by atoms with Gasteiger partial charge in [0, 0.05) is 17.3 Å². The monoisotopic (exact) mass is 636 g/mol. The molecule has 0 radical (unpaired) electrons. The SMILES string of the molecule is C[C@H](CC[C@@H](O[C@@H]1O[C@H](CO)[C@@H](O)[C@H](O)[C@H]1O)C(C)(C)O)C1CC[C@@]2(C)C3CC=C4C(CC[C@H](O)C4(C)C)[C@]3(C)C(=O)C[C@]12C. The highest BCUT2D eigenvalue weighted by atomic mass is 16.7. The maximum absolute atomic E-state index is 14.5. The van der Waals surface area contributed by atoms with Gasteiger partial charge in [-0.1, -0.05) is 53.2 Å². The number of allylic oxidation sites excluding steroid dienone is 1. The van der Waals surface area contributed by atoms with Gasteiger partial charge in [0.1, 0.15) is 30.2 Å². The van der Waals surface area contributed by atoms with Crippen molar-refractivity contribution in [1.82, 2.24) is 0 Å². The van der Waals surface area contributed by atoms with Crippen molar-refractivity contribution in [3.05, 3.63) is 11.6 Å². The van der Waals surface area contributed by atoms with E-state index in [2.05, 4.69) is 47.6 Å². The first-order chi connectivity index (χ1) is 20.7. The summed E-state index contributed by atoms with van der Waals surface area (Å²) in [5.74, 6) is 1.32. The van der Waals surface area contributed by atoms with Crippen LogP contribution in [0.1, 0.15) is 107 Å². The lowest BCUT2D eigenvalue weighted by atomic mass is 9.38. The maximum atomic E-state index is 14.5. The van der Waals surface area contributed by atoms with Crippen LogP contribution in [0.2, 0.25) is 0 Å². The number of Topliss-reactive ketones (excluding diaryl/α,β-unsaturated/α-hetero) is 1. The Balaban J connectivity index is 1.33. The Bertz CT molecular complexity index is 1140. The summed E-state index contributed by atoms with van der Waals surface area (Å²) < 4.78 is 11.7. The van der Waals surface area contributed by atoms with E-state index in [1.807, 2.05) is 0 Å². The smallest absolute Gasteiger partial charge is 0.187 e. The van der Waals surface area contributed by atoms with Crippen molar-refractivity contribution in [1.29, 1.82) is 0 Å². The number of aliphatic hydroxyl groups excluding tert-OH is 5. The molecule has 0 aromatic carbocycles. The van der Waals surface area contributed by atoms with Crippen LogP contribution in [-0.4, -0.2) is 91.5 Å². The van der Waals surface area contributed by atoms with Gasteiger partial charge in [-0.2, -0.15) is 0 Å². The molecular weight excluding hydrogens is 576 g/mol. The van der Waals surface area contributed by atoms with Crippen molar-refractivity contribution in [3.8, 4) is 0 Å². The van der Waals surface area contributed by atoms with E-state index in [0.29, 0.717) is 24.5 Å². The van der Waals surface area contributed by atoms with Gasteiger partial charge in [0.25, 0.3) is 0 Å². The first-order valence-electron chi connectivity index (χ1n) is 17.3. The number of aliphatic hydroxyl groups is 6. The molecule has 14 atom stereocenters. The van der Waals surface area contributed by atoms with E-state index in [9.17, 15) is 35.4 Å². The van der Waals surface area contributed by atoms with Crippen LogP contribution < -0.4 is 0 Å². The molecule has 0 spiro atoms. The van der Waals surface area contributed by atoms with Crippen LogP contribution in [0.25, 0.3) is 0 Å². The van der Waals surface area contributed by atoms with Gasteiger partial charge in [-0.15, -0.1) is 0 Å². The second-order valence-electron chi connectivity index (χ2n) is 17.2. The first kappa shape index (κ1) is 35.4. The van der Waals surface area contributed by atoms with E-state index in [0.717, 1.165) is 38.5 Å². The average Bonchev–Trinajstić information content (AvgIpc) is 3.22. The zero-order valence-electron chi connectivity index (χ0n) is 28.7. The Hall–Kier alpha value is -0.910. The normalized spacial score (nSPS) is 47.7. The highest BCUT2D eigenvalue weighted by Gasteiger charge is 2.70. The number of carbonyl (C=O) groups is 1. The Morgan fingerprint density at radius 2 is 1.64 bits per heavy atom. The van der Waals surface area contributed by atoms with Crippen LogP contribution in [-0.2, 0) is 14.3 Å². The molecule has 1 aliphatic heterocycles. The van der Waals surface area contributed by atoms with Crippen LogP contribution >= 0.6 is 0 Å². The molecule has 5 aliphatic rings. The third-order valence-corrected chi connectivity index (χ3v) is 14.2. The summed E-state index contributed by atoms with van der Waals surface area (Å²) >= 11 is 0. The van der Waals surface area contributed by atoms with Gasteiger partial charge in [0.15, 0.2) is 6.29 Å². The van der Waals surface area contributed by atoms with Gasteiger partial charge in [-0.3, -0.25) is 4.79 Å². The van der Waals surface area contributed by atoms with Crippen molar-refractivity contribution in [2.45, 2.75) is 155 Å². The minimum atomic E-state index is -1.55. The highest BCUT2D eigenvalue weighted by molar-refractivity contribution is 5.88. The average molecular weight is 637 g/mol. The first-order valence-corrected chi connectivity index (χ1v) is 17.3. The Labute approximate surface area is 269 Å². The Morgan fingerprint density at radius 3 is 2.27 bits per heavy atom. The number of fused-ring (bicyclic) bond motifs is 5. The third kappa shape index (κ3) is 5.40. The highest BCUT2D eigenvalue weighted by Crippen LogP contribution is 2.74. The minimum absolute atomic E-state index is 0.0146. The van der Waals surface area contributed by atoms with Crippen molar-refractivity contribution < 1.29 is 44.9 Å². The summed E-state index contributed by atoms with van der Waals surface area (Å²) in [6.45, 7) is 16.2. The fourth-order valence-corrected chi connectivity index (χ4v) is 10.9. The summed E-state index contributed by atoms with van der Waals surface area (Å²) in [4.78, 5) is 14.5. The molecule has 0 aromatic heterocycles. The van der Waals surface area contributed by atoms with Crippen LogP contribution in [0, 0.1) is 45.3 Å². The molecule has 6 N–H and O–H groups in total. The quantitative estimate of drug-likeness (QED) is 0.220. The molecule has 3 unspecified atom stereocenters. The fraction of sp³-hybridized carbons (Fsp3) is 0.917. The van der Waals surface area contributed by atoms with Gasteiger partial charge < -0.3 is 40.1 Å². The second-order valence-corrected chi connectivity index (χ2v) is 17.2. The topological polar surface area (TPSA) is 157 Å². The lowest BCUT2D eigenvalue weighted by molar-refractivity contribution is -0.322. The van der Waals surface area contributed by atoms with E-state index < -0.39 is 54.4 Å². The van der Waals surface area contributed by atoms with Crippen LogP contribution in [0.15, 0.2) is 11.6 Å². The molecule has 1 heterocycles. The van der Waals surface area contributed by atoms with Crippen LogP contribution in [0.3, 0.4) is 0 Å². The number of ether oxygens (including phenoxy) is 2. The van der Waals surface area contributed by atoms with Crippen LogP contribution in [0.5, 0.6) is 0 Å². The van der Waals surface area contributed by atoms with Crippen molar-refractivity contribution in [2.24, 2.45) is 45.3 Å². The van der Waals surface area contributed by atoms with Crippen molar-refractivity contribution in [3.63, 3.8) is 0 Å². The molecule has 4 fully saturated rings. The van der Waals surface area contributed by atoms with Crippen molar-refractivity contribution in [2.75, 3.05) is 6.61 Å². The van der Waals surface area contributed by atoms with E-state index in [4.69, 9.17) is 9.47 Å². The Morgan fingerprint density at radius 1 is 0.978 bits per heavy atom. The second kappa shape index (κ2) is 11.9. The van der Waals surface area contributed by atoms with E-state index >= 15 is 0 Å². The fourth-order valence-electron chi connectivity index (χ4n) is 10.9. The van der Waals surface area contributed by atoms with E-state index in [-0.39, 0.29) is 40.1 Å². The molecule has 1 saturated heterocycles. The number of carbonyl (C=O) groups excluding carboxylic acids is 1. The van der Waals surface area contributed by atoms with Gasteiger partial charge in [-0.25, -0.2) is 0 Å². The zero-order valence-corrected chi connectivity index (χ0v) is 28.7. The molecule has 3 saturated carbocycles. The number of hydrogen-bond acceptors (Lipinski definition) is 9. The minimum Gasteiger partial charge on any atom is -0.394 e. The van der Waals surface area contributed by atoms with Gasteiger partial charge >= 0.3 is 0 Å². The van der Waals surface area contributed by atoms with Gasteiger partial charge in [-0.05, 0) is 93.3 Å². The maximum Gasteiger partial charge on any atom is 0.187 e. The number of ketones is 1. The van der Waals surface area contributed by atoms with Crippen LogP contribution in [0.4, 0.5) is 0 Å². The lowest BCUT2D eigenvalue weighted by Crippen LogP contribution is -2.63. The predicted molar refractivity (Wildman–Crippen MR) is 169 cm³/mol. The summed E-state index contributed by atoms with van der Waals surface area (Å²) in [6, 6.07) is 0. The molecule has 9 nitrogen and oxygen atoms in total. The summed E-state index contributed by atoms with van der Waals surface area (Å²) in [6.07, 6.45) is 0.549. The molecule has 4 aliphatic carbocycles. The lowest BCUT2D eigenvalue weighted by Gasteiger charge is -2.64. The van der Waals surface area contributed by atoms with E-state index in [1.165, 1.54) is 5.57 Å². The third-order valence-electron chi connectivity index (χ3n) is 14.2. The largest absolute Gasteiger partial charge is 0.394 e. The van der Waals surface area contributed by atoms with Gasteiger partial charge in [0.05, 0.1) is 24.4 Å². The summed E-state index contributed by atoms with van der Waals surface area (Å²) in [7, 11) is 0. The number of rotatable bonds is 8. The zero-order chi connectivity index (χ0) is 33.5. The molecular formula is C36H60O9. The van der Waals surface area contributed by atoms with Gasteiger partial charge in [0.2, 0.25) is 0 Å². The predicted octanol–water partition coefficient (Wildman–Crippen LogP) is 3.50. The van der Waals surface area contributed by atoms with E-state index in [1.54, 1.807) is 13.8 Å². The summed E-state index contributed by atoms with van der Waals surface area (Å²) in [5.41, 5.74) is -0.951. The Kier molecular flexibility index (Phi) is 9.36. The number of hydrogen-bond donors (Lipinski definition) is 6. The van der Waals surface area contributed by atoms with Crippen molar-refractivity contribution >= 4 is 5.78 Å².